The van der Waals surface area contributed by atoms with Crippen molar-refractivity contribution in [2.45, 2.75) is 12.8 Å². The highest BCUT2D eigenvalue weighted by atomic mass is 14.8. The number of rotatable bonds is 0. The molecule has 0 saturated carbocycles. The van der Waals surface area contributed by atoms with Gasteiger partial charge in [-0.25, -0.2) is 0 Å². The molecule has 0 aliphatic carbocycles. The monoisotopic (exact) mass is 288 g/mol. The zero-order chi connectivity index (χ0) is 15.0. The molecule has 0 bridgehead atoms. The minimum Gasteiger partial charge on any atom is -0.259 e. The van der Waals surface area contributed by atoms with Crippen molar-refractivity contribution in [1.29, 1.82) is 0 Å². The Labute approximate surface area is 129 Å². The van der Waals surface area contributed by atoms with E-state index in [1.807, 2.05) is 73.4 Å². The van der Waals surface area contributed by atoms with Gasteiger partial charge in [0.25, 0.3) is 0 Å². The van der Waals surface area contributed by atoms with Crippen LogP contribution in [0.5, 0.6) is 0 Å². The summed E-state index contributed by atoms with van der Waals surface area (Å²) in [6, 6.07) is 15.7. The topological polar surface area (TPSA) is 49.4 Å². The Bertz CT molecular complexity index is 630. The second-order valence-electron chi connectivity index (χ2n) is 4.70. The summed E-state index contributed by atoms with van der Waals surface area (Å²) in [6.45, 7) is 0. The molecule has 0 amide bonds. The van der Waals surface area contributed by atoms with Crippen LogP contribution in [-0.4, -0.2) is 24.9 Å². The Morgan fingerprint density at radius 2 is 0.727 bits per heavy atom. The van der Waals surface area contributed by atoms with Gasteiger partial charge in [0.1, 0.15) is 0 Å². The normalized spacial score (nSPS) is 14.2. The fraction of sp³-hybridized carbons (Fsp3) is 0.111. The van der Waals surface area contributed by atoms with Gasteiger partial charge >= 0.3 is 0 Å². The molecule has 0 atom stereocenters. The number of hydrogen-bond acceptors (Lipinski definition) is 4. The third-order valence-electron chi connectivity index (χ3n) is 3.11. The maximum atomic E-state index is 4.47. The van der Waals surface area contributed by atoms with Crippen molar-refractivity contribution in [2.75, 3.05) is 0 Å². The summed E-state index contributed by atoms with van der Waals surface area (Å²) in [5.41, 5.74) is 3.45. The first-order chi connectivity index (χ1) is 10.9. The van der Waals surface area contributed by atoms with E-state index in [9.17, 15) is 0 Å². The van der Waals surface area contributed by atoms with Crippen LogP contribution in [-0.2, 0) is 0 Å². The number of hydrogen-bond donors (Lipinski definition) is 0. The fourth-order valence-electron chi connectivity index (χ4n) is 2.06. The minimum absolute atomic E-state index is 0.663. The van der Waals surface area contributed by atoms with Crippen molar-refractivity contribution in [3.8, 4) is 0 Å². The molecule has 108 valence electrons. The van der Waals surface area contributed by atoms with E-state index in [2.05, 4.69) is 20.0 Å². The van der Waals surface area contributed by atoms with Crippen molar-refractivity contribution < 1.29 is 0 Å². The van der Waals surface area contributed by atoms with Gasteiger partial charge in [-0.2, -0.15) is 0 Å². The van der Waals surface area contributed by atoms with E-state index in [0.717, 1.165) is 22.7 Å². The van der Waals surface area contributed by atoms with Crippen LogP contribution in [0.1, 0.15) is 12.8 Å². The number of para-hydroxylation sites is 4. The van der Waals surface area contributed by atoms with E-state index in [-0.39, 0.29) is 0 Å². The predicted octanol–water partition coefficient (Wildman–Crippen LogP) is 4.99. The molecule has 0 radical (unpaired) electrons. The largest absolute Gasteiger partial charge is 0.259 e. The smallest absolute Gasteiger partial charge is 0.0882 e. The van der Waals surface area contributed by atoms with Crippen LogP contribution in [0.4, 0.5) is 22.7 Å². The van der Waals surface area contributed by atoms with Gasteiger partial charge in [-0.1, -0.05) is 24.3 Å². The molecule has 2 aromatic rings. The van der Waals surface area contributed by atoms with Crippen LogP contribution in [0.25, 0.3) is 0 Å². The van der Waals surface area contributed by atoms with Crippen LogP contribution in [0.2, 0.25) is 0 Å². The molecule has 0 spiro atoms. The average molecular weight is 288 g/mol. The predicted molar refractivity (Wildman–Crippen MR) is 94.7 cm³/mol. The quantitative estimate of drug-likeness (QED) is 0.655. The van der Waals surface area contributed by atoms with E-state index in [1.54, 1.807) is 0 Å². The standard InChI is InChI=1S/C18H16N4/c1-2-8-16-15(7-1)19-11-5-13-21-17-9-3-4-10-18(17)22-14-6-12-20-16/h1-4,7-14H,5-6H2. The lowest BCUT2D eigenvalue weighted by molar-refractivity contribution is 1.41. The van der Waals surface area contributed by atoms with Crippen LogP contribution < -0.4 is 0 Å². The van der Waals surface area contributed by atoms with E-state index in [1.165, 1.54) is 0 Å². The lowest BCUT2D eigenvalue weighted by atomic mass is 10.2. The molecule has 4 heteroatoms. The Balaban J connectivity index is 1.92. The summed E-state index contributed by atoms with van der Waals surface area (Å²) >= 11 is 0. The Morgan fingerprint density at radius 3 is 1.00 bits per heavy atom. The first-order valence-electron chi connectivity index (χ1n) is 7.21. The summed E-state index contributed by atoms with van der Waals surface area (Å²) in [5, 5.41) is 0. The highest BCUT2D eigenvalue weighted by Gasteiger charge is 1.98. The van der Waals surface area contributed by atoms with Gasteiger partial charge in [-0.15, -0.1) is 0 Å². The van der Waals surface area contributed by atoms with Gasteiger partial charge in [0.2, 0.25) is 0 Å². The maximum Gasteiger partial charge on any atom is 0.0882 e. The van der Waals surface area contributed by atoms with E-state index in [4.69, 9.17) is 0 Å². The van der Waals surface area contributed by atoms with Gasteiger partial charge in [-0.05, 0) is 24.3 Å². The SMILES string of the molecule is C1=Nc2ccccc2N=CCC=Nc2ccccc2N=CC1. The highest BCUT2D eigenvalue weighted by molar-refractivity contribution is 5.87. The molecule has 0 fully saturated rings. The third-order valence-corrected chi connectivity index (χ3v) is 3.11. The summed E-state index contributed by atoms with van der Waals surface area (Å²) in [4.78, 5) is 17.9. The summed E-state index contributed by atoms with van der Waals surface area (Å²) in [7, 11) is 0. The summed E-state index contributed by atoms with van der Waals surface area (Å²) in [5.74, 6) is 0. The Hall–Kier alpha value is -2.88. The molecule has 3 rings (SSSR count). The molecule has 22 heavy (non-hydrogen) atoms. The van der Waals surface area contributed by atoms with Crippen molar-refractivity contribution in [3.63, 3.8) is 0 Å². The maximum absolute atomic E-state index is 4.47. The number of aliphatic imine (C=N–C) groups is 4. The van der Waals surface area contributed by atoms with Crippen LogP contribution in [0.3, 0.4) is 0 Å². The van der Waals surface area contributed by atoms with Gasteiger partial charge in [-0.3, -0.25) is 20.0 Å². The molecule has 0 saturated heterocycles. The molecule has 0 aromatic heterocycles. The van der Waals surface area contributed by atoms with E-state index in [0.29, 0.717) is 12.8 Å². The zero-order valence-electron chi connectivity index (χ0n) is 12.1. The van der Waals surface area contributed by atoms with E-state index < -0.39 is 0 Å². The zero-order valence-corrected chi connectivity index (χ0v) is 12.1. The molecular formula is C18H16N4. The average Bonchev–Trinajstić information content (AvgIpc) is 2.56. The number of benzene rings is 2. The molecule has 1 aliphatic rings. The lowest BCUT2D eigenvalue weighted by Crippen LogP contribution is -1.81. The van der Waals surface area contributed by atoms with Crippen LogP contribution in [0, 0.1) is 0 Å². The molecule has 0 unspecified atom stereocenters. The Morgan fingerprint density at radius 1 is 0.455 bits per heavy atom. The molecule has 0 N–H and O–H groups in total. The number of fused-ring (bicyclic) bond motifs is 2. The molecule has 1 aliphatic heterocycles. The molecule has 4 nitrogen and oxygen atoms in total. The first-order valence-corrected chi connectivity index (χ1v) is 7.21. The van der Waals surface area contributed by atoms with Crippen molar-refractivity contribution in [3.05, 3.63) is 48.5 Å². The molecule has 2 aromatic carbocycles. The second kappa shape index (κ2) is 7.22. The van der Waals surface area contributed by atoms with Crippen molar-refractivity contribution in [1.82, 2.24) is 0 Å². The number of nitrogens with zero attached hydrogens (tertiary/aromatic N) is 4. The highest BCUT2D eigenvalue weighted by Crippen LogP contribution is 2.28. The van der Waals surface area contributed by atoms with Crippen LogP contribution >= 0.6 is 0 Å². The van der Waals surface area contributed by atoms with Gasteiger partial charge in [0.15, 0.2) is 0 Å². The molecular weight excluding hydrogens is 272 g/mol. The van der Waals surface area contributed by atoms with Crippen LogP contribution in [0.15, 0.2) is 68.5 Å². The van der Waals surface area contributed by atoms with Gasteiger partial charge in [0.05, 0.1) is 22.7 Å². The molecule has 1 heterocycles. The summed E-state index contributed by atoms with van der Waals surface area (Å²) < 4.78 is 0. The second-order valence-corrected chi connectivity index (χ2v) is 4.70. The third kappa shape index (κ3) is 3.61. The lowest BCUT2D eigenvalue weighted by Gasteiger charge is -2.00. The van der Waals surface area contributed by atoms with E-state index >= 15 is 0 Å². The van der Waals surface area contributed by atoms with Gasteiger partial charge < -0.3 is 0 Å². The van der Waals surface area contributed by atoms with Gasteiger partial charge in [0, 0.05) is 37.7 Å². The summed E-state index contributed by atoms with van der Waals surface area (Å²) in [6.07, 6.45) is 8.70. The first kappa shape index (κ1) is 14.1. The van der Waals surface area contributed by atoms with Crippen molar-refractivity contribution in [2.24, 2.45) is 20.0 Å². The van der Waals surface area contributed by atoms with Crippen molar-refractivity contribution >= 4 is 47.6 Å². The fourth-order valence-corrected chi connectivity index (χ4v) is 2.06. The minimum atomic E-state index is 0.663. The Kier molecular flexibility index (Phi) is 4.62.